The molecule has 0 spiro atoms. The van der Waals surface area contributed by atoms with Crippen LogP contribution in [0.5, 0.6) is 0 Å². The maximum atomic E-state index is 12.9. The molecule has 25 heavy (non-hydrogen) atoms. The van der Waals surface area contributed by atoms with Gasteiger partial charge in [0.15, 0.2) is 10.5 Å². The first-order valence-electron chi connectivity index (χ1n) is 9.18. The van der Waals surface area contributed by atoms with Crippen molar-refractivity contribution in [1.29, 1.82) is 0 Å². The Morgan fingerprint density at radius 1 is 1.08 bits per heavy atom. The van der Waals surface area contributed by atoms with Gasteiger partial charge in [-0.05, 0) is 31.6 Å². The number of hydrogen-bond donors (Lipinski definition) is 2. The summed E-state index contributed by atoms with van der Waals surface area (Å²) >= 11 is 0. The smallest absolute Gasteiger partial charge is 0.246 e. The molecule has 8 heteroatoms. The fraction of sp³-hybridized carbons (Fsp3) is 0.647. The molecule has 0 atom stereocenters. The van der Waals surface area contributed by atoms with E-state index in [9.17, 15) is 8.42 Å². The quantitative estimate of drug-likeness (QED) is 0.850. The lowest BCUT2D eigenvalue weighted by molar-refractivity contribution is 0.316. The number of nitrogens with two attached hydrogens (primary N) is 1. The Hall–Kier alpha value is -1.67. The first-order chi connectivity index (χ1) is 12.1. The normalized spacial score (nSPS) is 20.0. The van der Waals surface area contributed by atoms with Crippen LogP contribution in [0, 0.1) is 5.92 Å². The average Bonchev–Trinajstić information content (AvgIpc) is 2.86. The molecule has 0 aliphatic heterocycles. The van der Waals surface area contributed by atoms with Gasteiger partial charge in [0.2, 0.25) is 10.0 Å². The van der Waals surface area contributed by atoms with Gasteiger partial charge in [0.05, 0.1) is 0 Å². The van der Waals surface area contributed by atoms with Crippen molar-refractivity contribution in [3.05, 3.63) is 12.4 Å². The first kappa shape index (κ1) is 16.8. The van der Waals surface area contributed by atoms with Crippen molar-refractivity contribution in [2.45, 2.75) is 62.3 Å². The molecule has 0 amide bonds. The number of rotatable bonds is 5. The number of nitrogens with zero attached hydrogens (tertiary/aromatic N) is 3. The topological polar surface area (TPSA) is 103 Å². The van der Waals surface area contributed by atoms with Crippen LogP contribution in [0.3, 0.4) is 0 Å². The summed E-state index contributed by atoms with van der Waals surface area (Å²) in [7, 11) is -3.70. The summed E-state index contributed by atoms with van der Waals surface area (Å²) in [5.74, 6) is 0.711. The van der Waals surface area contributed by atoms with Gasteiger partial charge in [-0.3, -0.25) is 0 Å². The van der Waals surface area contributed by atoms with Crippen LogP contribution in [0.4, 0.5) is 5.82 Å². The standard InChI is InChI=1S/C17H25N5O2S/c18-16-15(25(23,24)21-11-12-5-4-6-12)14-17(20-10-9-19-14)22(16)13-7-2-1-3-8-13/h9-10,12-13,21H,1-8,11,18H2. The monoisotopic (exact) mass is 363 g/mol. The van der Waals surface area contributed by atoms with Crippen molar-refractivity contribution in [2.24, 2.45) is 5.92 Å². The predicted octanol–water partition coefficient (Wildman–Crippen LogP) is 2.60. The maximum Gasteiger partial charge on any atom is 0.246 e. The van der Waals surface area contributed by atoms with E-state index < -0.39 is 10.0 Å². The molecule has 2 aromatic rings. The van der Waals surface area contributed by atoms with Crippen molar-refractivity contribution in [3.8, 4) is 0 Å². The third-order valence-electron chi connectivity index (χ3n) is 5.61. The van der Waals surface area contributed by atoms with Crippen LogP contribution in [0.2, 0.25) is 0 Å². The second-order valence-corrected chi connectivity index (χ2v) is 8.96. The molecule has 0 radical (unpaired) electrons. The molecule has 2 fully saturated rings. The number of hydrogen-bond acceptors (Lipinski definition) is 5. The minimum atomic E-state index is -3.70. The predicted molar refractivity (Wildman–Crippen MR) is 96.6 cm³/mol. The minimum Gasteiger partial charge on any atom is -0.384 e. The number of anilines is 1. The van der Waals surface area contributed by atoms with Crippen LogP contribution in [0.1, 0.15) is 57.4 Å². The fourth-order valence-electron chi connectivity index (χ4n) is 3.98. The van der Waals surface area contributed by atoms with Crippen molar-refractivity contribution >= 4 is 27.0 Å². The molecule has 2 aromatic heterocycles. The zero-order valence-electron chi connectivity index (χ0n) is 14.3. The molecule has 2 saturated carbocycles. The van der Waals surface area contributed by atoms with E-state index in [0.717, 1.165) is 38.5 Å². The van der Waals surface area contributed by atoms with E-state index in [0.29, 0.717) is 23.6 Å². The molecular weight excluding hydrogens is 338 g/mol. The van der Waals surface area contributed by atoms with E-state index in [1.54, 1.807) is 6.20 Å². The van der Waals surface area contributed by atoms with Crippen LogP contribution in [-0.2, 0) is 10.0 Å². The Kier molecular flexibility index (Phi) is 4.41. The number of nitrogens with one attached hydrogen (secondary N) is 1. The van der Waals surface area contributed by atoms with Gasteiger partial charge in [0.25, 0.3) is 0 Å². The molecule has 2 heterocycles. The highest BCUT2D eigenvalue weighted by Gasteiger charge is 2.31. The lowest BCUT2D eigenvalue weighted by Gasteiger charge is -2.25. The number of aromatic nitrogens is 3. The van der Waals surface area contributed by atoms with Gasteiger partial charge in [0.1, 0.15) is 11.3 Å². The van der Waals surface area contributed by atoms with Crippen molar-refractivity contribution in [1.82, 2.24) is 19.3 Å². The molecule has 2 aliphatic carbocycles. The second-order valence-electron chi connectivity index (χ2n) is 7.25. The van der Waals surface area contributed by atoms with Crippen LogP contribution in [0.15, 0.2) is 17.3 Å². The van der Waals surface area contributed by atoms with Crippen LogP contribution in [-0.4, -0.2) is 29.5 Å². The summed E-state index contributed by atoms with van der Waals surface area (Å²) < 4.78 is 30.5. The molecule has 4 rings (SSSR count). The Balaban J connectivity index is 1.76. The zero-order valence-corrected chi connectivity index (χ0v) is 15.1. The summed E-state index contributed by atoms with van der Waals surface area (Å²) in [6.45, 7) is 0.470. The van der Waals surface area contributed by atoms with E-state index in [2.05, 4.69) is 14.7 Å². The Morgan fingerprint density at radius 3 is 2.48 bits per heavy atom. The Bertz CT molecular complexity index is 867. The van der Waals surface area contributed by atoms with Crippen molar-refractivity contribution < 1.29 is 8.42 Å². The molecular formula is C17H25N5O2S. The third-order valence-corrected chi connectivity index (χ3v) is 7.10. The Morgan fingerprint density at radius 2 is 1.80 bits per heavy atom. The fourth-order valence-corrected chi connectivity index (χ4v) is 5.35. The second kappa shape index (κ2) is 6.57. The molecule has 2 aliphatic rings. The molecule has 0 aromatic carbocycles. The maximum absolute atomic E-state index is 12.9. The SMILES string of the molecule is Nc1c(S(=O)(=O)NCC2CCC2)c2nccnc2n1C1CCCCC1. The number of fused-ring (bicyclic) bond motifs is 1. The van der Waals surface area contributed by atoms with Crippen LogP contribution >= 0.6 is 0 Å². The number of sulfonamides is 1. The highest BCUT2D eigenvalue weighted by molar-refractivity contribution is 7.89. The van der Waals surface area contributed by atoms with E-state index in [1.165, 1.54) is 19.0 Å². The van der Waals surface area contributed by atoms with Gasteiger partial charge in [-0.1, -0.05) is 25.7 Å². The van der Waals surface area contributed by atoms with Gasteiger partial charge >= 0.3 is 0 Å². The number of nitrogen functional groups attached to an aromatic ring is 1. The third kappa shape index (κ3) is 3.01. The largest absolute Gasteiger partial charge is 0.384 e. The highest BCUT2D eigenvalue weighted by atomic mass is 32.2. The minimum absolute atomic E-state index is 0.0977. The van der Waals surface area contributed by atoms with E-state index in [-0.39, 0.29) is 16.8 Å². The van der Waals surface area contributed by atoms with Gasteiger partial charge in [-0.15, -0.1) is 0 Å². The lowest BCUT2D eigenvalue weighted by atomic mass is 9.86. The zero-order chi connectivity index (χ0) is 17.4. The van der Waals surface area contributed by atoms with Crippen LogP contribution in [0.25, 0.3) is 11.2 Å². The van der Waals surface area contributed by atoms with Crippen molar-refractivity contribution in [2.75, 3.05) is 12.3 Å². The summed E-state index contributed by atoms with van der Waals surface area (Å²) in [4.78, 5) is 8.80. The van der Waals surface area contributed by atoms with Gasteiger partial charge in [0, 0.05) is 25.0 Å². The Labute approximate surface area is 148 Å². The van der Waals surface area contributed by atoms with Gasteiger partial charge in [-0.2, -0.15) is 0 Å². The van der Waals surface area contributed by atoms with Gasteiger partial charge in [-0.25, -0.2) is 23.1 Å². The highest BCUT2D eigenvalue weighted by Crippen LogP contribution is 2.38. The molecule has 3 N–H and O–H groups in total. The summed E-state index contributed by atoms with van der Waals surface area (Å²) in [5, 5.41) is 0. The summed E-state index contributed by atoms with van der Waals surface area (Å²) in [5.41, 5.74) is 7.31. The molecule has 7 nitrogen and oxygen atoms in total. The average molecular weight is 363 g/mol. The van der Waals surface area contributed by atoms with Crippen LogP contribution < -0.4 is 10.5 Å². The first-order valence-corrected chi connectivity index (χ1v) is 10.7. The molecule has 0 saturated heterocycles. The van der Waals surface area contributed by atoms with Crippen molar-refractivity contribution in [3.63, 3.8) is 0 Å². The molecule has 136 valence electrons. The van der Waals surface area contributed by atoms with Gasteiger partial charge < -0.3 is 10.3 Å². The molecule has 0 bridgehead atoms. The van der Waals surface area contributed by atoms with E-state index >= 15 is 0 Å². The molecule has 0 unspecified atom stereocenters. The summed E-state index contributed by atoms with van der Waals surface area (Å²) in [6.07, 6.45) is 12.0. The van der Waals surface area contributed by atoms with E-state index in [1.807, 2.05) is 4.57 Å². The van der Waals surface area contributed by atoms with E-state index in [4.69, 9.17) is 5.73 Å². The lowest BCUT2D eigenvalue weighted by Crippen LogP contribution is -2.32. The summed E-state index contributed by atoms with van der Waals surface area (Å²) in [6, 6.07) is 0.198.